The number of hydrogen-bond acceptors (Lipinski definition) is 4. The second kappa shape index (κ2) is 5.67. The molecule has 4 heteroatoms. The van der Waals surface area contributed by atoms with Gasteiger partial charge in [-0.15, -0.1) is 0 Å². The van der Waals surface area contributed by atoms with Crippen LogP contribution in [0.15, 0.2) is 52.5 Å². The molecule has 0 atom stereocenters. The first-order valence-corrected chi connectivity index (χ1v) is 7.39. The molecule has 0 bridgehead atoms. The highest BCUT2D eigenvalue weighted by atomic mass is 32.2. The third-order valence-corrected chi connectivity index (χ3v) is 4.41. The smallest absolute Gasteiger partial charge is 0.337 e. The average Bonchev–Trinajstić information content (AvgIpc) is 3.32. The Balaban J connectivity index is 1.79. The molecule has 0 aliphatic heterocycles. The van der Waals surface area contributed by atoms with Gasteiger partial charge in [0.15, 0.2) is 0 Å². The molecule has 1 fully saturated rings. The summed E-state index contributed by atoms with van der Waals surface area (Å²) in [7, 11) is 1.39. The van der Waals surface area contributed by atoms with E-state index in [1.54, 1.807) is 23.9 Å². The summed E-state index contributed by atoms with van der Waals surface area (Å²) in [5.41, 5.74) is 1.97. The predicted molar refractivity (Wildman–Crippen MR) is 78.1 cm³/mol. The van der Waals surface area contributed by atoms with E-state index in [2.05, 4.69) is 11.1 Å². The summed E-state index contributed by atoms with van der Waals surface area (Å²) < 4.78 is 4.70. The minimum atomic E-state index is -0.304. The normalized spacial score (nSPS) is 14.1. The lowest BCUT2D eigenvalue weighted by Crippen LogP contribution is -2.00. The fourth-order valence-corrected chi connectivity index (χ4v) is 3.10. The molecule has 1 saturated carbocycles. The minimum absolute atomic E-state index is 0.304. The SMILES string of the molecule is COC(=O)c1ccc(Sc2cnccc2C2CC2)cc1. The molecule has 2 aromatic rings. The number of methoxy groups -OCH3 is 1. The van der Waals surface area contributed by atoms with Crippen LogP contribution in [0.1, 0.15) is 34.7 Å². The average molecular weight is 285 g/mol. The number of carbonyl (C=O) groups excluding carboxylic acids is 1. The van der Waals surface area contributed by atoms with Gasteiger partial charge in [0.2, 0.25) is 0 Å². The van der Waals surface area contributed by atoms with Crippen LogP contribution in [0.2, 0.25) is 0 Å². The summed E-state index contributed by atoms with van der Waals surface area (Å²) >= 11 is 1.70. The Morgan fingerprint density at radius 2 is 2.00 bits per heavy atom. The molecule has 102 valence electrons. The third kappa shape index (κ3) is 2.85. The molecule has 0 N–H and O–H groups in total. The number of hydrogen-bond donors (Lipinski definition) is 0. The van der Waals surface area contributed by atoms with Crippen molar-refractivity contribution in [2.24, 2.45) is 0 Å². The monoisotopic (exact) mass is 285 g/mol. The molecule has 0 saturated heterocycles. The number of carbonyl (C=O) groups is 1. The number of rotatable bonds is 4. The summed E-state index contributed by atoms with van der Waals surface area (Å²) in [6.07, 6.45) is 6.34. The van der Waals surface area contributed by atoms with E-state index in [1.165, 1.54) is 30.4 Å². The quantitative estimate of drug-likeness (QED) is 0.799. The van der Waals surface area contributed by atoms with Crippen molar-refractivity contribution in [1.82, 2.24) is 4.98 Å². The highest BCUT2D eigenvalue weighted by Gasteiger charge is 2.26. The standard InChI is InChI=1S/C16H15NO2S/c1-19-16(18)12-4-6-13(7-5-12)20-15-10-17-9-8-14(15)11-2-3-11/h4-11H,2-3H2,1H3. The van der Waals surface area contributed by atoms with E-state index in [9.17, 15) is 4.79 Å². The maximum absolute atomic E-state index is 11.4. The first-order chi connectivity index (χ1) is 9.78. The molecular weight excluding hydrogens is 270 g/mol. The van der Waals surface area contributed by atoms with Gasteiger partial charge in [-0.2, -0.15) is 0 Å². The molecule has 20 heavy (non-hydrogen) atoms. The molecule has 1 aliphatic carbocycles. The molecule has 0 radical (unpaired) electrons. The number of ether oxygens (including phenoxy) is 1. The Morgan fingerprint density at radius 3 is 2.65 bits per heavy atom. The van der Waals surface area contributed by atoms with Gasteiger partial charge in [0.05, 0.1) is 12.7 Å². The lowest BCUT2D eigenvalue weighted by Gasteiger charge is -2.07. The van der Waals surface area contributed by atoms with Crippen molar-refractivity contribution in [1.29, 1.82) is 0 Å². The zero-order valence-electron chi connectivity index (χ0n) is 11.2. The van der Waals surface area contributed by atoms with Gasteiger partial charge in [-0.25, -0.2) is 4.79 Å². The summed E-state index contributed by atoms with van der Waals surface area (Å²) in [6, 6.07) is 9.59. The van der Waals surface area contributed by atoms with E-state index < -0.39 is 0 Å². The number of esters is 1. The second-order valence-electron chi connectivity index (χ2n) is 4.81. The highest BCUT2D eigenvalue weighted by molar-refractivity contribution is 7.99. The first-order valence-electron chi connectivity index (χ1n) is 6.58. The van der Waals surface area contributed by atoms with Crippen molar-refractivity contribution in [2.45, 2.75) is 28.6 Å². The number of nitrogens with zero attached hydrogens (tertiary/aromatic N) is 1. The Kier molecular flexibility index (Phi) is 3.74. The molecule has 3 nitrogen and oxygen atoms in total. The van der Waals surface area contributed by atoms with E-state index in [-0.39, 0.29) is 5.97 Å². The highest BCUT2D eigenvalue weighted by Crippen LogP contribution is 2.45. The van der Waals surface area contributed by atoms with Gasteiger partial charge in [0.1, 0.15) is 0 Å². The first kappa shape index (κ1) is 13.2. The van der Waals surface area contributed by atoms with Crippen LogP contribution in [0, 0.1) is 0 Å². The molecule has 1 aromatic heterocycles. The zero-order valence-corrected chi connectivity index (χ0v) is 12.0. The van der Waals surface area contributed by atoms with Crippen molar-refractivity contribution < 1.29 is 9.53 Å². The molecule has 0 spiro atoms. The van der Waals surface area contributed by atoms with Gasteiger partial charge in [-0.3, -0.25) is 4.98 Å². The van der Waals surface area contributed by atoms with Gasteiger partial charge in [0.25, 0.3) is 0 Å². The van der Waals surface area contributed by atoms with Crippen molar-refractivity contribution in [3.8, 4) is 0 Å². The van der Waals surface area contributed by atoms with Gasteiger partial charge in [0, 0.05) is 22.2 Å². The third-order valence-electron chi connectivity index (χ3n) is 3.34. The summed E-state index contributed by atoms with van der Waals surface area (Å²) in [5, 5.41) is 0. The van der Waals surface area contributed by atoms with Crippen LogP contribution >= 0.6 is 11.8 Å². The number of aromatic nitrogens is 1. The number of benzene rings is 1. The lowest BCUT2D eigenvalue weighted by atomic mass is 10.2. The summed E-state index contributed by atoms with van der Waals surface area (Å²) in [5.74, 6) is 0.399. The Bertz CT molecular complexity index is 621. The Hall–Kier alpha value is -1.81. The van der Waals surface area contributed by atoms with Crippen LogP contribution in [-0.4, -0.2) is 18.1 Å². The van der Waals surface area contributed by atoms with Crippen LogP contribution < -0.4 is 0 Å². The largest absolute Gasteiger partial charge is 0.465 e. The van der Waals surface area contributed by atoms with Crippen molar-refractivity contribution in [3.05, 3.63) is 53.9 Å². The van der Waals surface area contributed by atoms with E-state index in [0.717, 1.165) is 4.90 Å². The zero-order chi connectivity index (χ0) is 13.9. The van der Waals surface area contributed by atoms with E-state index in [4.69, 9.17) is 4.74 Å². The second-order valence-corrected chi connectivity index (χ2v) is 5.92. The lowest BCUT2D eigenvalue weighted by molar-refractivity contribution is 0.0600. The van der Waals surface area contributed by atoms with Gasteiger partial charge < -0.3 is 4.74 Å². The van der Waals surface area contributed by atoms with Gasteiger partial charge in [-0.1, -0.05) is 11.8 Å². The number of pyridine rings is 1. The summed E-state index contributed by atoms with van der Waals surface area (Å²) in [4.78, 5) is 17.9. The van der Waals surface area contributed by atoms with Crippen LogP contribution in [-0.2, 0) is 4.74 Å². The van der Waals surface area contributed by atoms with Crippen molar-refractivity contribution >= 4 is 17.7 Å². The van der Waals surface area contributed by atoms with E-state index >= 15 is 0 Å². The van der Waals surface area contributed by atoms with E-state index in [1.807, 2.05) is 24.5 Å². The minimum Gasteiger partial charge on any atom is -0.465 e. The van der Waals surface area contributed by atoms with Crippen LogP contribution in [0.25, 0.3) is 0 Å². The van der Waals surface area contributed by atoms with Gasteiger partial charge >= 0.3 is 5.97 Å². The molecule has 0 unspecified atom stereocenters. The fraction of sp³-hybridized carbons (Fsp3) is 0.250. The Labute approximate surface area is 122 Å². The predicted octanol–water partition coefficient (Wildman–Crippen LogP) is 3.90. The molecule has 1 aromatic carbocycles. The molecule has 3 rings (SSSR count). The van der Waals surface area contributed by atoms with E-state index in [0.29, 0.717) is 11.5 Å². The van der Waals surface area contributed by atoms with Crippen LogP contribution in [0.3, 0.4) is 0 Å². The molecule has 1 aliphatic rings. The maximum atomic E-state index is 11.4. The van der Waals surface area contributed by atoms with Crippen LogP contribution in [0.5, 0.6) is 0 Å². The van der Waals surface area contributed by atoms with Crippen molar-refractivity contribution in [2.75, 3.05) is 7.11 Å². The Morgan fingerprint density at radius 1 is 1.25 bits per heavy atom. The summed E-state index contributed by atoms with van der Waals surface area (Å²) in [6.45, 7) is 0. The topological polar surface area (TPSA) is 39.2 Å². The molecular formula is C16H15NO2S. The van der Waals surface area contributed by atoms with Crippen molar-refractivity contribution in [3.63, 3.8) is 0 Å². The molecule has 1 heterocycles. The van der Waals surface area contributed by atoms with Gasteiger partial charge in [-0.05, 0) is 54.7 Å². The van der Waals surface area contributed by atoms with Crippen LogP contribution in [0.4, 0.5) is 0 Å². The molecule has 0 amide bonds. The fourth-order valence-electron chi connectivity index (χ4n) is 2.11. The maximum Gasteiger partial charge on any atom is 0.337 e.